The Balaban J connectivity index is 2.04. The maximum absolute atomic E-state index is 6.28. The standard InChI is InChI=1S/C14H16INS/c1-10-3-2-4-12(14(10)15)13(16)6-5-11-7-8-17-9-11/h2-4,7-9,13H,5-6,16H2,1H3. The van der Waals surface area contributed by atoms with Gasteiger partial charge in [-0.15, -0.1) is 0 Å². The molecule has 0 radical (unpaired) electrons. The third-order valence-electron chi connectivity index (χ3n) is 2.95. The SMILES string of the molecule is Cc1cccc(C(N)CCc2ccsc2)c1I. The molecule has 0 saturated heterocycles. The van der Waals surface area contributed by atoms with Gasteiger partial charge in [-0.1, -0.05) is 18.2 Å². The summed E-state index contributed by atoms with van der Waals surface area (Å²) in [6.07, 6.45) is 2.07. The van der Waals surface area contributed by atoms with E-state index < -0.39 is 0 Å². The molecule has 1 aromatic carbocycles. The van der Waals surface area contributed by atoms with Crippen molar-refractivity contribution in [2.75, 3.05) is 0 Å². The molecule has 3 heteroatoms. The molecular formula is C14H16INS. The van der Waals surface area contributed by atoms with Crippen molar-refractivity contribution in [1.82, 2.24) is 0 Å². The average molecular weight is 357 g/mol. The number of nitrogens with two attached hydrogens (primary N) is 1. The van der Waals surface area contributed by atoms with Crippen LogP contribution in [0.25, 0.3) is 0 Å². The summed E-state index contributed by atoms with van der Waals surface area (Å²) in [6, 6.07) is 8.70. The highest BCUT2D eigenvalue weighted by Gasteiger charge is 2.11. The topological polar surface area (TPSA) is 26.0 Å². The molecule has 0 aliphatic rings. The molecule has 90 valence electrons. The van der Waals surface area contributed by atoms with Crippen molar-refractivity contribution in [2.45, 2.75) is 25.8 Å². The molecule has 2 aromatic rings. The molecule has 0 bridgehead atoms. The number of hydrogen-bond donors (Lipinski definition) is 1. The van der Waals surface area contributed by atoms with Gasteiger partial charge in [0.1, 0.15) is 0 Å². The quantitative estimate of drug-likeness (QED) is 0.812. The van der Waals surface area contributed by atoms with Crippen molar-refractivity contribution in [2.24, 2.45) is 5.73 Å². The van der Waals surface area contributed by atoms with Crippen LogP contribution in [0.5, 0.6) is 0 Å². The first-order valence-electron chi connectivity index (χ1n) is 5.70. The molecule has 0 fully saturated rings. The summed E-state index contributed by atoms with van der Waals surface area (Å²) in [5.74, 6) is 0. The first kappa shape index (κ1) is 13.1. The Morgan fingerprint density at radius 2 is 2.18 bits per heavy atom. The Bertz CT molecular complexity index is 479. The number of halogens is 1. The van der Waals surface area contributed by atoms with Gasteiger partial charge >= 0.3 is 0 Å². The second-order valence-electron chi connectivity index (χ2n) is 4.25. The number of hydrogen-bond acceptors (Lipinski definition) is 2. The molecule has 1 aromatic heterocycles. The lowest BCUT2D eigenvalue weighted by Gasteiger charge is -2.14. The Labute approximate surface area is 120 Å². The van der Waals surface area contributed by atoms with Crippen LogP contribution < -0.4 is 5.73 Å². The van der Waals surface area contributed by atoms with Crippen LogP contribution in [0, 0.1) is 10.5 Å². The van der Waals surface area contributed by atoms with Crippen LogP contribution in [0.3, 0.4) is 0 Å². The van der Waals surface area contributed by atoms with Gasteiger partial charge in [0.15, 0.2) is 0 Å². The van der Waals surface area contributed by atoms with Crippen molar-refractivity contribution >= 4 is 33.9 Å². The average Bonchev–Trinajstić information content (AvgIpc) is 2.82. The van der Waals surface area contributed by atoms with E-state index in [2.05, 4.69) is 64.5 Å². The molecule has 0 amide bonds. The van der Waals surface area contributed by atoms with E-state index in [1.54, 1.807) is 11.3 Å². The highest BCUT2D eigenvalue weighted by molar-refractivity contribution is 14.1. The van der Waals surface area contributed by atoms with Gasteiger partial charge in [-0.25, -0.2) is 0 Å². The first-order valence-corrected chi connectivity index (χ1v) is 7.72. The van der Waals surface area contributed by atoms with Crippen molar-refractivity contribution in [1.29, 1.82) is 0 Å². The summed E-state index contributed by atoms with van der Waals surface area (Å²) in [5.41, 5.74) is 10.3. The van der Waals surface area contributed by atoms with Crippen LogP contribution in [0.15, 0.2) is 35.0 Å². The third-order valence-corrected chi connectivity index (χ3v) is 5.15. The van der Waals surface area contributed by atoms with Gasteiger partial charge < -0.3 is 5.73 Å². The van der Waals surface area contributed by atoms with E-state index in [9.17, 15) is 0 Å². The van der Waals surface area contributed by atoms with E-state index in [0.717, 1.165) is 12.8 Å². The summed E-state index contributed by atoms with van der Waals surface area (Å²) in [6.45, 7) is 2.14. The molecule has 1 atom stereocenters. The molecule has 0 spiro atoms. The van der Waals surface area contributed by atoms with E-state index in [-0.39, 0.29) is 6.04 Å². The van der Waals surface area contributed by atoms with Crippen LogP contribution in [-0.2, 0) is 6.42 Å². The maximum atomic E-state index is 6.28. The Morgan fingerprint density at radius 3 is 2.88 bits per heavy atom. The zero-order chi connectivity index (χ0) is 12.3. The summed E-state index contributed by atoms with van der Waals surface area (Å²) < 4.78 is 1.31. The molecule has 1 unspecified atom stereocenters. The van der Waals surface area contributed by atoms with Crippen molar-refractivity contribution in [3.05, 3.63) is 55.3 Å². The van der Waals surface area contributed by atoms with Gasteiger partial charge in [0.25, 0.3) is 0 Å². The maximum Gasteiger partial charge on any atom is 0.0308 e. The highest BCUT2D eigenvalue weighted by Crippen LogP contribution is 2.24. The fourth-order valence-electron chi connectivity index (χ4n) is 1.87. The monoisotopic (exact) mass is 357 g/mol. The fourth-order valence-corrected chi connectivity index (χ4v) is 3.33. The molecule has 2 rings (SSSR count). The molecular weight excluding hydrogens is 341 g/mol. The van der Waals surface area contributed by atoms with E-state index in [1.807, 2.05) is 0 Å². The van der Waals surface area contributed by atoms with E-state index >= 15 is 0 Å². The lowest BCUT2D eigenvalue weighted by molar-refractivity contribution is 0.649. The molecule has 0 aliphatic carbocycles. The Morgan fingerprint density at radius 1 is 1.35 bits per heavy atom. The molecule has 1 nitrogen and oxygen atoms in total. The zero-order valence-corrected chi connectivity index (χ0v) is 12.8. The third kappa shape index (κ3) is 3.30. The van der Waals surface area contributed by atoms with Crippen LogP contribution in [0.2, 0.25) is 0 Å². The summed E-state index contributed by atoms with van der Waals surface area (Å²) in [4.78, 5) is 0. The van der Waals surface area contributed by atoms with Gasteiger partial charge in [-0.05, 0) is 75.9 Å². The number of rotatable bonds is 4. The minimum atomic E-state index is 0.140. The number of aryl methyl sites for hydroxylation is 2. The largest absolute Gasteiger partial charge is 0.324 e. The smallest absolute Gasteiger partial charge is 0.0308 e. The predicted octanol–water partition coefficient (Wildman–Crippen LogP) is 4.29. The van der Waals surface area contributed by atoms with Gasteiger partial charge in [0.2, 0.25) is 0 Å². The van der Waals surface area contributed by atoms with Gasteiger partial charge in [0.05, 0.1) is 0 Å². The highest BCUT2D eigenvalue weighted by atomic mass is 127. The lowest BCUT2D eigenvalue weighted by atomic mass is 9.99. The summed E-state index contributed by atoms with van der Waals surface area (Å²) >= 11 is 4.15. The molecule has 0 aliphatic heterocycles. The lowest BCUT2D eigenvalue weighted by Crippen LogP contribution is -2.13. The zero-order valence-electron chi connectivity index (χ0n) is 9.82. The molecule has 2 N–H and O–H groups in total. The fraction of sp³-hybridized carbons (Fsp3) is 0.286. The summed E-state index contributed by atoms with van der Waals surface area (Å²) in [5, 5.41) is 4.32. The molecule has 0 saturated carbocycles. The van der Waals surface area contributed by atoms with Crippen LogP contribution >= 0.6 is 33.9 Å². The normalized spacial score (nSPS) is 12.6. The Hall–Kier alpha value is -0.390. The van der Waals surface area contributed by atoms with Crippen molar-refractivity contribution in [3.63, 3.8) is 0 Å². The summed E-state index contributed by atoms with van der Waals surface area (Å²) in [7, 11) is 0. The van der Waals surface area contributed by atoms with Crippen molar-refractivity contribution < 1.29 is 0 Å². The molecule has 17 heavy (non-hydrogen) atoms. The second kappa shape index (κ2) is 5.98. The Kier molecular flexibility index (Phi) is 4.59. The predicted molar refractivity (Wildman–Crippen MR) is 83.5 cm³/mol. The minimum absolute atomic E-state index is 0.140. The molecule has 1 heterocycles. The van der Waals surface area contributed by atoms with E-state index in [1.165, 1.54) is 20.3 Å². The van der Waals surface area contributed by atoms with Crippen molar-refractivity contribution in [3.8, 4) is 0 Å². The minimum Gasteiger partial charge on any atom is -0.324 e. The second-order valence-corrected chi connectivity index (χ2v) is 6.11. The van der Waals surface area contributed by atoms with Gasteiger partial charge in [0, 0.05) is 9.61 Å². The van der Waals surface area contributed by atoms with Gasteiger partial charge in [-0.3, -0.25) is 0 Å². The number of benzene rings is 1. The number of thiophene rings is 1. The van der Waals surface area contributed by atoms with Crippen LogP contribution in [0.4, 0.5) is 0 Å². The van der Waals surface area contributed by atoms with Crippen LogP contribution in [0.1, 0.15) is 29.2 Å². The van der Waals surface area contributed by atoms with E-state index in [4.69, 9.17) is 5.73 Å². The van der Waals surface area contributed by atoms with E-state index in [0.29, 0.717) is 0 Å². The first-order chi connectivity index (χ1) is 8.18. The van der Waals surface area contributed by atoms with Gasteiger partial charge in [-0.2, -0.15) is 11.3 Å². The van der Waals surface area contributed by atoms with Crippen LogP contribution in [-0.4, -0.2) is 0 Å².